The molecule has 1 aromatic carbocycles. The highest BCUT2D eigenvalue weighted by atomic mass is 16.5. The molecule has 0 aromatic heterocycles. The molecule has 114 valence electrons. The second-order valence-corrected chi connectivity index (χ2v) is 6.13. The molecular weight excluding hydrogens is 250 g/mol. The van der Waals surface area contributed by atoms with Gasteiger partial charge in [-0.3, -0.25) is 0 Å². The summed E-state index contributed by atoms with van der Waals surface area (Å²) in [6.07, 6.45) is 1.05. The first kappa shape index (κ1) is 17.0. The number of benzene rings is 1. The Morgan fingerprint density at radius 1 is 1.10 bits per heavy atom. The highest BCUT2D eigenvalue weighted by molar-refractivity contribution is 5.40. The zero-order valence-electron chi connectivity index (χ0n) is 13.6. The molecular formula is C17H29NO2. The third-order valence-electron chi connectivity index (χ3n) is 2.93. The third kappa shape index (κ3) is 6.40. The molecule has 0 radical (unpaired) electrons. The van der Waals surface area contributed by atoms with Crippen LogP contribution in [0.25, 0.3) is 0 Å². The van der Waals surface area contributed by atoms with Crippen molar-refractivity contribution in [1.29, 1.82) is 0 Å². The predicted octanol–water partition coefficient (Wildman–Crippen LogP) is 3.69. The molecule has 3 nitrogen and oxygen atoms in total. The van der Waals surface area contributed by atoms with E-state index < -0.39 is 0 Å². The van der Waals surface area contributed by atoms with Gasteiger partial charge in [0.15, 0.2) is 0 Å². The summed E-state index contributed by atoms with van der Waals surface area (Å²) in [6, 6.07) is 6.28. The molecule has 0 aliphatic heterocycles. The minimum absolute atomic E-state index is 0.102. The topological polar surface area (TPSA) is 30.5 Å². The van der Waals surface area contributed by atoms with Gasteiger partial charge in [-0.2, -0.15) is 0 Å². The smallest absolute Gasteiger partial charge is 0.126 e. The fourth-order valence-corrected chi connectivity index (χ4v) is 1.87. The maximum Gasteiger partial charge on any atom is 0.126 e. The molecule has 0 spiro atoms. The highest BCUT2D eigenvalue weighted by Crippen LogP contribution is 2.23. The van der Waals surface area contributed by atoms with Gasteiger partial charge >= 0.3 is 0 Å². The third-order valence-corrected chi connectivity index (χ3v) is 2.93. The van der Waals surface area contributed by atoms with Crippen LogP contribution in [0.2, 0.25) is 0 Å². The van der Waals surface area contributed by atoms with Crippen molar-refractivity contribution in [3.8, 4) is 5.75 Å². The first-order valence-corrected chi connectivity index (χ1v) is 7.48. The Labute approximate surface area is 123 Å². The first-order chi connectivity index (χ1) is 9.44. The number of rotatable bonds is 8. The average molecular weight is 279 g/mol. The lowest BCUT2D eigenvalue weighted by molar-refractivity contribution is 0.0999. The molecule has 20 heavy (non-hydrogen) atoms. The molecule has 1 rings (SSSR count). The lowest BCUT2D eigenvalue weighted by Crippen LogP contribution is -2.35. The van der Waals surface area contributed by atoms with Crippen LogP contribution in [0.5, 0.6) is 5.75 Å². The van der Waals surface area contributed by atoms with Gasteiger partial charge in [0.05, 0.1) is 6.61 Å². The Morgan fingerprint density at radius 3 is 2.50 bits per heavy atom. The summed E-state index contributed by atoms with van der Waals surface area (Å²) in [5.41, 5.74) is 2.48. The van der Waals surface area contributed by atoms with E-state index in [1.54, 1.807) is 0 Å². The van der Waals surface area contributed by atoms with E-state index >= 15 is 0 Å². The number of nitrogens with one attached hydrogen (secondary N) is 1. The van der Waals surface area contributed by atoms with E-state index in [2.05, 4.69) is 58.1 Å². The van der Waals surface area contributed by atoms with Gasteiger partial charge in [0.1, 0.15) is 12.4 Å². The quantitative estimate of drug-likeness (QED) is 0.736. The first-order valence-electron chi connectivity index (χ1n) is 7.48. The van der Waals surface area contributed by atoms with Gasteiger partial charge in [0.25, 0.3) is 0 Å². The van der Waals surface area contributed by atoms with Gasteiger partial charge in [0, 0.05) is 24.3 Å². The van der Waals surface area contributed by atoms with Crippen molar-refractivity contribution in [3.05, 3.63) is 29.3 Å². The Bertz CT molecular complexity index is 396. The molecule has 0 atom stereocenters. The number of hydrogen-bond donors (Lipinski definition) is 1. The van der Waals surface area contributed by atoms with E-state index in [0.29, 0.717) is 13.2 Å². The molecule has 0 heterocycles. The summed E-state index contributed by atoms with van der Waals surface area (Å²) >= 11 is 0. The zero-order valence-corrected chi connectivity index (χ0v) is 13.6. The van der Waals surface area contributed by atoms with Crippen molar-refractivity contribution in [2.45, 2.75) is 53.1 Å². The maximum atomic E-state index is 5.91. The normalized spacial score (nSPS) is 11.7. The van der Waals surface area contributed by atoms with Crippen LogP contribution in [-0.4, -0.2) is 25.4 Å². The Kier molecular flexibility index (Phi) is 7.03. The van der Waals surface area contributed by atoms with Gasteiger partial charge < -0.3 is 14.8 Å². The van der Waals surface area contributed by atoms with Crippen LogP contribution in [0.1, 0.15) is 45.2 Å². The Morgan fingerprint density at radius 2 is 1.85 bits per heavy atom. The molecule has 0 unspecified atom stereocenters. The van der Waals surface area contributed by atoms with Gasteiger partial charge in [-0.1, -0.05) is 25.1 Å². The summed E-state index contributed by atoms with van der Waals surface area (Å²) < 4.78 is 11.4. The van der Waals surface area contributed by atoms with E-state index in [0.717, 1.165) is 25.3 Å². The Balaban J connectivity index is 2.59. The van der Waals surface area contributed by atoms with Crippen molar-refractivity contribution >= 4 is 0 Å². The van der Waals surface area contributed by atoms with Crippen LogP contribution in [0.4, 0.5) is 0 Å². The van der Waals surface area contributed by atoms with Crippen LogP contribution in [0.15, 0.2) is 18.2 Å². The van der Waals surface area contributed by atoms with Crippen molar-refractivity contribution in [2.75, 3.05) is 19.8 Å². The van der Waals surface area contributed by atoms with Crippen molar-refractivity contribution < 1.29 is 9.47 Å². The second-order valence-electron chi connectivity index (χ2n) is 6.13. The van der Waals surface area contributed by atoms with E-state index in [-0.39, 0.29) is 5.54 Å². The molecule has 3 heteroatoms. The Hall–Kier alpha value is -1.06. The fraction of sp³-hybridized carbons (Fsp3) is 0.647. The van der Waals surface area contributed by atoms with Crippen LogP contribution in [0, 0.1) is 6.92 Å². The molecule has 0 saturated heterocycles. The molecule has 1 aromatic rings. The van der Waals surface area contributed by atoms with E-state index in [9.17, 15) is 0 Å². The monoisotopic (exact) mass is 279 g/mol. The average Bonchev–Trinajstić information content (AvgIpc) is 2.37. The number of para-hydroxylation sites is 1. The maximum absolute atomic E-state index is 5.91. The summed E-state index contributed by atoms with van der Waals surface area (Å²) in [7, 11) is 0. The summed E-state index contributed by atoms with van der Waals surface area (Å²) in [6.45, 7) is 13.6. The van der Waals surface area contributed by atoms with Crippen LogP contribution in [0.3, 0.4) is 0 Å². The highest BCUT2D eigenvalue weighted by Gasteiger charge is 2.12. The molecule has 0 aliphatic carbocycles. The minimum atomic E-state index is 0.102. The zero-order chi connectivity index (χ0) is 15.0. The molecule has 0 aliphatic rings. The van der Waals surface area contributed by atoms with E-state index in [1.807, 2.05) is 0 Å². The molecule has 0 bridgehead atoms. The fourth-order valence-electron chi connectivity index (χ4n) is 1.87. The summed E-state index contributed by atoms with van der Waals surface area (Å²) in [4.78, 5) is 0. The van der Waals surface area contributed by atoms with Crippen LogP contribution in [-0.2, 0) is 11.3 Å². The predicted molar refractivity (Wildman–Crippen MR) is 84.4 cm³/mol. The van der Waals surface area contributed by atoms with Crippen LogP contribution < -0.4 is 10.1 Å². The van der Waals surface area contributed by atoms with Gasteiger partial charge in [-0.25, -0.2) is 0 Å². The standard InChI is InChI=1S/C17H29NO2/c1-6-10-19-11-12-20-16-14(2)8-7-9-15(16)13-18-17(3,4)5/h7-9,18H,6,10-13H2,1-5H3. The van der Waals surface area contributed by atoms with Gasteiger partial charge in [-0.05, 0) is 39.7 Å². The van der Waals surface area contributed by atoms with Crippen molar-refractivity contribution in [2.24, 2.45) is 0 Å². The van der Waals surface area contributed by atoms with E-state index in [4.69, 9.17) is 9.47 Å². The van der Waals surface area contributed by atoms with Gasteiger partial charge in [0.2, 0.25) is 0 Å². The van der Waals surface area contributed by atoms with Crippen LogP contribution >= 0.6 is 0 Å². The largest absolute Gasteiger partial charge is 0.491 e. The molecule has 0 fully saturated rings. The second kappa shape index (κ2) is 8.28. The number of aryl methyl sites for hydroxylation is 1. The molecule has 0 amide bonds. The molecule has 0 saturated carbocycles. The minimum Gasteiger partial charge on any atom is -0.491 e. The summed E-state index contributed by atoms with van der Waals surface area (Å²) in [5.74, 6) is 0.990. The lowest BCUT2D eigenvalue weighted by atomic mass is 10.1. The van der Waals surface area contributed by atoms with Crippen molar-refractivity contribution in [3.63, 3.8) is 0 Å². The van der Waals surface area contributed by atoms with Crippen molar-refractivity contribution in [1.82, 2.24) is 5.32 Å². The number of ether oxygens (including phenoxy) is 2. The van der Waals surface area contributed by atoms with Gasteiger partial charge in [-0.15, -0.1) is 0 Å². The number of hydrogen-bond acceptors (Lipinski definition) is 3. The SMILES string of the molecule is CCCOCCOc1c(C)cccc1CNC(C)(C)C. The van der Waals surface area contributed by atoms with E-state index in [1.165, 1.54) is 11.1 Å². The lowest BCUT2D eigenvalue weighted by Gasteiger charge is -2.22. The summed E-state index contributed by atoms with van der Waals surface area (Å²) in [5, 5.41) is 3.51. The molecule has 1 N–H and O–H groups in total.